The van der Waals surface area contributed by atoms with Crippen LogP contribution in [0.15, 0.2) is 42.6 Å². The number of likely N-dealkylation sites (tertiary alicyclic amines) is 1. The Kier molecular flexibility index (Phi) is 5.31. The molecule has 0 radical (unpaired) electrons. The van der Waals surface area contributed by atoms with Gasteiger partial charge in [-0.1, -0.05) is 30.3 Å². The van der Waals surface area contributed by atoms with Crippen molar-refractivity contribution in [2.45, 2.75) is 18.6 Å². The number of ether oxygens (including phenoxy) is 2. The molecule has 2 atom stereocenters. The first-order valence-corrected chi connectivity index (χ1v) is 8.28. The average Bonchev–Trinajstić information content (AvgIpc) is 3.05. The number of carbonyl (C=O) groups is 1. The maximum absolute atomic E-state index is 13.1. The van der Waals surface area contributed by atoms with E-state index in [0.29, 0.717) is 30.1 Å². The van der Waals surface area contributed by atoms with Crippen molar-refractivity contribution in [3.8, 4) is 11.3 Å². The zero-order valence-corrected chi connectivity index (χ0v) is 14.5. The Morgan fingerprint density at radius 1 is 1.28 bits per heavy atom. The van der Waals surface area contributed by atoms with E-state index in [1.54, 1.807) is 31.4 Å². The SMILES string of the molecule is COC[C@@H]1C[C@@H](OC)CN1C(=O)c1ccnc(-c2ccccc2)c1N. The fourth-order valence-electron chi connectivity index (χ4n) is 3.28. The number of methoxy groups -OCH3 is 2. The third-order valence-electron chi connectivity index (χ3n) is 4.60. The molecular weight excluding hydrogens is 318 g/mol. The maximum Gasteiger partial charge on any atom is 0.256 e. The van der Waals surface area contributed by atoms with Crippen LogP contribution in [0, 0.1) is 0 Å². The Morgan fingerprint density at radius 3 is 2.72 bits per heavy atom. The topological polar surface area (TPSA) is 77.7 Å². The molecule has 1 amide bonds. The summed E-state index contributed by atoms with van der Waals surface area (Å²) >= 11 is 0. The molecule has 2 aromatic rings. The number of rotatable bonds is 5. The smallest absolute Gasteiger partial charge is 0.256 e. The number of nitrogens with zero attached hydrogens (tertiary/aromatic N) is 2. The van der Waals surface area contributed by atoms with Gasteiger partial charge in [0.25, 0.3) is 5.91 Å². The van der Waals surface area contributed by atoms with Crippen molar-refractivity contribution < 1.29 is 14.3 Å². The van der Waals surface area contributed by atoms with Gasteiger partial charge in [-0.15, -0.1) is 0 Å². The van der Waals surface area contributed by atoms with E-state index < -0.39 is 0 Å². The Morgan fingerprint density at radius 2 is 2.04 bits per heavy atom. The van der Waals surface area contributed by atoms with Crippen LogP contribution in [-0.2, 0) is 9.47 Å². The summed E-state index contributed by atoms with van der Waals surface area (Å²) in [6.45, 7) is 1.01. The molecule has 25 heavy (non-hydrogen) atoms. The van der Waals surface area contributed by atoms with E-state index in [-0.39, 0.29) is 18.1 Å². The van der Waals surface area contributed by atoms with Gasteiger partial charge >= 0.3 is 0 Å². The Balaban J connectivity index is 1.92. The fourth-order valence-corrected chi connectivity index (χ4v) is 3.28. The van der Waals surface area contributed by atoms with Crippen molar-refractivity contribution in [3.05, 3.63) is 48.2 Å². The molecule has 1 aromatic heterocycles. The summed E-state index contributed by atoms with van der Waals surface area (Å²) in [4.78, 5) is 19.3. The van der Waals surface area contributed by atoms with Gasteiger partial charge in [0.05, 0.1) is 35.7 Å². The van der Waals surface area contributed by atoms with Crippen molar-refractivity contribution in [1.82, 2.24) is 9.88 Å². The number of nitrogens with two attached hydrogens (primary N) is 1. The minimum absolute atomic E-state index is 0.0146. The Labute approximate surface area is 147 Å². The fraction of sp³-hybridized carbons (Fsp3) is 0.368. The van der Waals surface area contributed by atoms with Crippen LogP contribution >= 0.6 is 0 Å². The van der Waals surface area contributed by atoms with E-state index in [9.17, 15) is 4.79 Å². The predicted octanol–water partition coefficient (Wildman–Crippen LogP) is 2.21. The maximum atomic E-state index is 13.1. The molecule has 2 heterocycles. The van der Waals surface area contributed by atoms with Gasteiger partial charge in [-0.25, -0.2) is 0 Å². The first kappa shape index (κ1) is 17.4. The van der Waals surface area contributed by atoms with Gasteiger partial charge in [0.2, 0.25) is 0 Å². The first-order valence-electron chi connectivity index (χ1n) is 8.28. The van der Waals surface area contributed by atoms with E-state index in [2.05, 4.69) is 4.98 Å². The van der Waals surface area contributed by atoms with Crippen LogP contribution < -0.4 is 5.73 Å². The summed E-state index contributed by atoms with van der Waals surface area (Å²) in [6.07, 6.45) is 2.40. The molecule has 132 valence electrons. The molecule has 0 unspecified atom stereocenters. The number of pyridine rings is 1. The second kappa shape index (κ2) is 7.63. The molecule has 1 aliphatic rings. The largest absolute Gasteiger partial charge is 0.396 e. The summed E-state index contributed by atoms with van der Waals surface area (Å²) in [5.74, 6) is -0.112. The molecule has 0 spiro atoms. The normalized spacial score (nSPS) is 20.0. The highest BCUT2D eigenvalue weighted by Gasteiger charge is 2.36. The van der Waals surface area contributed by atoms with Gasteiger partial charge in [0.1, 0.15) is 0 Å². The molecule has 0 saturated carbocycles. The van der Waals surface area contributed by atoms with Crippen LogP contribution in [0.25, 0.3) is 11.3 Å². The van der Waals surface area contributed by atoms with Crippen LogP contribution in [0.1, 0.15) is 16.8 Å². The van der Waals surface area contributed by atoms with Gasteiger partial charge < -0.3 is 20.1 Å². The third-order valence-corrected chi connectivity index (χ3v) is 4.60. The Bertz CT molecular complexity index is 736. The number of benzene rings is 1. The number of nitrogen functional groups attached to an aromatic ring is 1. The number of carbonyl (C=O) groups excluding carboxylic acids is 1. The molecule has 6 heteroatoms. The molecule has 1 fully saturated rings. The van der Waals surface area contributed by atoms with Crippen LogP contribution in [0.5, 0.6) is 0 Å². The second-order valence-corrected chi connectivity index (χ2v) is 6.15. The molecule has 0 aliphatic carbocycles. The van der Waals surface area contributed by atoms with Crippen molar-refractivity contribution in [3.63, 3.8) is 0 Å². The number of aromatic nitrogens is 1. The molecule has 1 aliphatic heterocycles. The van der Waals surface area contributed by atoms with Crippen LogP contribution in [0.3, 0.4) is 0 Å². The van der Waals surface area contributed by atoms with E-state index >= 15 is 0 Å². The minimum atomic E-state index is -0.112. The molecule has 2 N–H and O–H groups in total. The highest BCUT2D eigenvalue weighted by molar-refractivity contribution is 6.02. The Hall–Kier alpha value is -2.44. The standard InChI is InChI=1S/C19H23N3O3/c1-24-12-14-10-15(25-2)11-22(14)19(23)16-8-9-21-18(17(16)20)13-6-4-3-5-7-13/h3-9,14-15H,10-12,20H2,1-2H3/t14-,15+/m0/s1. The average molecular weight is 341 g/mol. The first-order chi connectivity index (χ1) is 12.2. The molecule has 3 rings (SSSR count). The van der Waals surface area contributed by atoms with Crippen LogP contribution in [0.2, 0.25) is 0 Å². The molecule has 0 bridgehead atoms. The molecule has 1 aromatic carbocycles. The van der Waals surface area contributed by atoms with Gasteiger partial charge in [-0.2, -0.15) is 0 Å². The number of hydrogen-bond donors (Lipinski definition) is 1. The highest BCUT2D eigenvalue weighted by atomic mass is 16.5. The van der Waals surface area contributed by atoms with Gasteiger partial charge in [-0.05, 0) is 12.5 Å². The lowest BCUT2D eigenvalue weighted by molar-refractivity contribution is 0.0613. The van der Waals surface area contributed by atoms with Gasteiger partial charge in [0, 0.05) is 32.5 Å². The molecular formula is C19H23N3O3. The molecule has 1 saturated heterocycles. The summed E-state index contributed by atoms with van der Waals surface area (Å²) < 4.78 is 10.7. The van der Waals surface area contributed by atoms with Crippen molar-refractivity contribution in [2.75, 3.05) is 33.1 Å². The summed E-state index contributed by atoms with van der Waals surface area (Å²) in [5, 5.41) is 0. The lowest BCUT2D eigenvalue weighted by Gasteiger charge is -2.24. The molecule has 6 nitrogen and oxygen atoms in total. The van der Waals surface area contributed by atoms with E-state index in [4.69, 9.17) is 15.2 Å². The summed E-state index contributed by atoms with van der Waals surface area (Å²) in [7, 11) is 3.30. The lowest BCUT2D eigenvalue weighted by Crippen LogP contribution is -2.38. The lowest BCUT2D eigenvalue weighted by atomic mass is 10.1. The zero-order chi connectivity index (χ0) is 17.8. The highest BCUT2D eigenvalue weighted by Crippen LogP contribution is 2.29. The van der Waals surface area contributed by atoms with E-state index in [1.807, 2.05) is 30.3 Å². The third kappa shape index (κ3) is 3.50. The number of hydrogen-bond acceptors (Lipinski definition) is 5. The van der Waals surface area contributed by atoms with Crippen LogP contribution in [-0.4, -0.2) is 55.3 Å². The number of anilines is 1. The van der Waals surface area contributed by atoms with Crippen molar-refractivity contribution in [1.29, 1.82) is 0 Å². The summed E-state index contributed by atoms with van der Waals surface area (Å²) in [5.41, 5.74) is 8.67. The second-order valence-electron chi connectivity index (χ2n) is 6.15. The minimum Gasteiger partial charge on any atom is -0.396 e. The predicted molar refractivity (Wildman–Crippen MR) is 96.2 cm³/mol. The van der Waals surface area contributed by atoms with Gasteiger partial charge in [0.15, 0.2) is 0 Å². The van der Waals surface area contributed by atoms with E-state index in [0.717, 1.165) is 12.0 Å². The zero-order valence-electron chi connectivity index (χ0n) is 14.5. The van der Waals surface area contributed by atoms with Gasteiger partial charge in [-0.3, -0.25) is 9.78 Å². The van der Waals surface area contributed by atoms with Crippen molar-refractivity contribution in [2.24, 2.45) is 0 Å². The van der Waals surface area contributed by atoms with Crippen LogP contribution in [0.4, 0.5) is 5.69 Å². The monoisotopic (exact) mass is 341 g/mol. The van der Waals surface area contributed by atoms with Crippen molar-refractivity contribution >= 4 is 11.6 Å². The number of amides is 1. The quantitative estimate of drug-likeness (QED) is 0.902. The summed E-state index contributed by atoms with van der Waals surface area (Å²) in [6, 6.07) is 11.3. The van der Waals surface area contributed by atoms with E-state index in [1.165, 1.54) is 0 Å².